The molecular weight excluding hydrogens is 252 g/mol. The summed E-state index contributed by atoms with van der Waals surface area (Å²) in [4.78, 5) is 12.0. The van der Waals surface area contributed by atoms with Crippen molar-refractivity contribution in [2.24, 2.45) is 5.92 Å². The van der Waals surface area contributed by atoms with Gasteiger partial charge in [0.15, 0.2) is 0 Å². The van der Waals surface area contributed by atoms with Crippen LogP contribution >= 0.6 is 0 Å². The van der Waals surface area contributed by atoms with Crippen LogP contribution in [0.25, 0.3) is 0 Å². The molecule has 3 N–H and O–H groups in total. The summed E-state index contributed by atoms with van der Waals surface area (Å²) in [5.41, 5.74) is 6.84. The summed E-state index contributed by atoms with van der Waals surface area (Å²) in [5, 5.41) is 2.94. The van der Waals surface area contributed by atoms with Crippen molar-refractivity contribution in [3.05, 3.63) is 23.8 Å². The van der Waals surface area contributed by atoms with E-state index >= 15 is 0 Å². The SMILES string of the molecule is COc1ccc(C(=O)NCCCC2CCCC2)c(N)c1. The van der Waals surface area contributed by atoms with Crippen molar-refractivity contribution in [3.63, 3.8) is 0 Å². The van der Waals surface area contributed by atoms with Gasteiger partial charge in [0.2, 0.25) is 0 Å². The molecule has 0 bridgehead atoms. The lowest BCUT2D eigenvalue weighted by Gasteiger charge is -2.11. The van der Waals surface area contributed by atoms with Crippen molar-refractivity contribution in [2.45, 2.75) is 38.5 Å². The number of amides is 1. The minimum Gasteiger partial charge on any atom is -0.497 e. The maximum Gasteiger partial charge on any atom is 0.253 e. The summed E-state index contributed by atoms with van der Waals surface area (Å²) in [5.74, 6) is 1.44. The third-order valence-corrected chi connectivity index (χ3v) is 4.05. The van der Waals surface area contributed by atoms with Crippen LogP contribution in [0.15, 0.2) is 18.2 Å². The van der Waals surface area contributed by atoms with Crippen LogP contribution in [0.3, 0.4) is 0 Å². The molecule has 1 aromatic carbocycles. The van der Waals surface area contributed by atoms with E-state index in [1.165, 1.54) is 32.1 Å². The third kappa shape index (κ3) is 3.89. The minimum atomic E-state index is -0.100. The molecule has 0 radical (unpaired) electrons. The summed E-state index contributed by atoms with van der Waals surface area (Å²) < 4.78 is 5.07. The number of carbonyl (C=O) groups is 1. The highest BCUT2D eigenvalue weighted by atomic mass is 16.5. The Balaban J connectivity index is 1.76. The van der Waals surface area contributed by atoms with Crippen LogP contribution in [-0.2, 0) is 0 Å². The molecule has 1 amide bonds. The molecule has 4 nitrogen and oxygen atoms in total. The first-order valence-corrected chi connectivity index (χ1v) is 7.42. The molecule has 0 aliphatic heterocycles. The predicted octanol–water partition coefficient (Wildman–Crippen LogP) is 2.98. The van der Waals surface area contributed by atoms with Crippen molar-refractivity contribution in [1.29, 1.82) is 0 Å². The Labute approximate surface area is 120 Å². The number of nitrogens with one attached hydrogen (secondary N) is 1. The van der Waals surface area contributed by atoms with Gasteiger partial charge in [-0.1, -0.05) is 25.7 Å². The molecule has 1 aliphatic carbocycles. The van der Waals surface area contributed by atoms with Crippen molar-refractivity contribution in [3.8, 4) is 5.75 Å². The van der Waals surface area contributed by atoms with Crippen LogP contribution in [0.5, 0.6) is 5.75 Å². The fourth-order valence-corrected chi connectivity index (χ4v) is 2.86. The third-order valence-electron chi connectivity index (χ3n) is 4.05. The van der Waals surface area contributed by atoms with Gasteiger partial charge in [-0.15, -0.1) is 0 Å². The van der Waals surface area contributed by atoms with E-state index in [1.807, 2.05) is 0 Å². The molecule has 0 aromatic heterocycles. The second kappa shape index (κ2) is 7.17. The van der Waals surface area contributed by atoms with Crippen LogP contribution in [0, 0.1) is 5.92 Å². The summed E-state index contributed by atoms with van der Waals surface area (Å²) in [6, 6.07) is 5.14. The Morgan fingerprint density at radius 1 is 1.40 bits per heavy atom. The van der Waals surface area contributed by atoms with E-state index in [4.69, 9.17) is 10.5 Å². The Morgan fingerprint density at radius 3 is 2.80 bits per heavy atom. The molecular formula is C16H24N2O2. The van der Waals surface area contributed by atoms with Gasteiger partial charge in [0, 0.05) is 18.3 Å². The van der Waals surface area contributed by atoms with Crippen LogP contribution in [0.1, 0.15) is 48.9 Å². The standard InChI is InChI=1S/C16H24N2O2/c1-20-13-8-9-14(15(17)11-13)16(19)18-10-4-7-12-5-2-3-6-12/h8-9,11-12H,2-7,10,17H2,1H3,(H,18,19). The van der Waals surface area contributed by atoms with E-state index in [2.05, 4.69) is 5.32 Å². The molecule has 0 atom stereocenters. The Kier molecular flexibility index (Phi) is 5.27. The van der Waals surface area contributed by atoms with Gasteiger partial charge in [-0.3, -0.25) is 4.79 Å². The van der Waals surface area contributed by atoms with Crippen LogP contribution < -0.4 is 15.8 Å². The van der Waals surface area contributed by atoms with E-state index in [0.29, 0.717) is 17.0 Å². The van der Waals surface area contributed by atoms with Gasteiger partial charge in [0.05, 0.1) is 12.7 Å². The monoisotopic (exact) mass is 276 g/mol. The first-order valence-electron chi connectivity index (χ1n) is 7.42. The number of rotatable bonds is 6. The van der Waals surface area contributed by atoms with Crippen LogP contribution in [0.2, 0.25) is 0 Å². The number of hydrogen-bond donors (Lipinski definition) is 2. The number of nitrogen functional groups attached to an aromatic ring is 1. The topological polar surface area (TPSA) is 64.3 Å². The summed E-state index contributed by atoms with van der Waals surface area (Å²) in [7, 11) is 1.58. The average molecular weight is 276 g/mol. The molecule has 20 heavy (non-hydrogen) atoms. The van der Waals surface area contributed by atoms with E-state index in [9.17, 15) is 4.79 Å². The smallest absolute Gasteiger partial charge is 0.253 e. The lowest BCUT2D eigenvalue weighted by atomic mass is 10.0. The van der Waals surface area contributed by atoms with Gasteiger partial charge in [-0.05, 0) is 30.9 Å². The first-order chi connectivity index (χ1) is 9.70. The molecule has 1 fully saturated rings. The fourth-order valence-electron chi connectivity index (χ4n) is 2.86. The van der Waals surface area contributed by atoms with Gasteiger partial charge in [0.25, 0.3) is 5.91 Å². The molecule has 0 saturated heterocycles. The first kappa shape index (κ1) is 14.7. The second-order valence-corrected chi connectivity index (χ2v) is 5.50. The molecule has 1 saturated carbocycles. The number of anilines is 1. The van der Waals surface area contributed by atoms with Gasteiger partial charge < -0.3 is 15.8 Å². The number of methoxy groups -OCH3 is 1. The highest BCUT2D eigenvalue weighted by Gasteiger charge is 2.15. The van der Waals surface area contributed by atoms with Gasteiger partial charge in [-0.2, -0.15) is 0 Å². The number of carbonyl (C=O) groups excluding carboxylic acids is 1. The molecule has 2 rings (SSSR count). The van der Waals surface area contributed by atoms with Gasteiger partial charge >= 0.3 is 0 Å². The zero-order chi connectivity index (χ0) is 14.4. The van der Waals surface area contributed by atoms with Gasteiger partial charge in [-0.25, -0.2) is 0 Å². The van der Waals surface area contributed by atoms with Crippen LogP contribution in [-0.4, -0.2) is 19.6 Å². The van der Waals surface area contributed by atoms with E-state index in [0.717, 1.165) is 18.9 Å². The van der Waals surface area contributed by atoms with Gasteiger partial charge in [0.1, 0.15) is 5.75 Å². The highest BCUT2D eigenvalue weighted by Crippen LogP contribution is 2.28. The number of benzene rings is 1. The molecule has 4 heteroatoms. The lowest BCUT2D eigenvalue weighted by molar-refractivity contribution is 0.0953. The Bertz CT molecular complexity index is 454. The van der Waals surface area contributed by atoms with E-state index < -0.39 is 0 Å². The minimum absolute atomic E-state index is 0.100. The number of hydrogen-bond acceptors (Lipinski definition) is 3. The molecule has 0 spiro atoms. The van der Waals surface area contributed by atoms with Crippen LogP contribution in [0.4, 0.5) is 5.69 Å². The van der Waals surface area contributed by atoms with E-state index in [-0.39, 0.29) is 5.91 Å². The summed E-state index contributed by atoms with van der Waals surface area (Å²) in [6.45, 7) is 0.723. The second-order valence-electron chi connectivity index (χ2n) is 5.50. The maximum absolute atomic E-state index is 12.0. The predicted molar refractivity (Wildman–Crippen MR) is 80.9 cm³/mol. The van der Waals surface area contributed by atoms with Crippen molar-refractivity contribution in [1.82, 2.24) is 5.32 Å². The highest BCUT2D eigenvalue weighted by molar-refractivity contribution is 5.99. The van der Waals surface area contributed by atoms with Crippen molar-refractivity contribution >= 4 is 11.6 Å². The zero-order valence-electron chi connectivity index (χ0n) is 12.2. The van der Waals surface area contributed by atoms with Crippen molar-refractivity contribution < 1.29 is 9.53 Å². The fraction of sp³-hybridized carbons (Fsp3) is 0.562. The average Bonchev–Trinajstić information content (AvgIpc) is 2.96. The normalized spacial score (nSPS) is 15.2. The van der Waals surface area contributed by atoms with E-state index in [1.54, 1.807) is 25.3 Å². The number of nitrogens with two attached hydrogens (primary N) is 1. The quantitative estimate of drug-likeness (QED) is 0.620. The Morgan fingerprint density at radius 2 is 2.15 bits per heavy atom. The molecule has 1 aromatic rings. The Hall–Kier alpha value is -1.71. The van der Waals surface area contributed by atoms with Crippen molar-refractivity contribution in [2.75, 3.05) is 19.4 Å². The number of ether oxygens (including phenoxy) is 1. The largest absolute Gasteiger partial charge is 0.497 e. The zero-order valence-corrected chi connectivity index (χ0v) is 12.2. The summed E-state index contributed by atoms with van der Waals surface area (Å²) in [6.07, 6.45) is 7.74. The summed E-state index contributed by atoms with van der Waals surface area (Å²) >= 11 is 0. The molecule has 110 valence electrons. The molecule has 0 heterocycles. The lowest BCUT2D eigenvalue weighted by Crippen LogP contribution is -2.25. The molecule has 0 unspecified atom stereocenters. The maximum atomic E-state index is 12.0. The molecule has 1 aliphatic rings.